The quantitative estimate of drug-likeness (QED) is 0.743. The predicted octanol–water partition coefficient (Wildman–Crippen LogP) is 2.71. The number of carbonyl (C=O) groups excluding carboxylic acids is 1. The van der Waals surface area contributed by atoms with E-state index in [0.29, 0.717) is 33.1 Å². The van der Waals surface area contributed by atoms with Crippen molar-refractivity contribution in [2.24, 2.45) is 0 Å². The molecule has 26 heavy (non-hydrogen) atoms. The molecule has 7 nitrogen and oxygen atoms in total. The van der Waals surface area contributed by atoms with Gasteiger partial charge in [-0.25, -0.2) is 4.98 Å². The van der Waals surface area contributed by atoms with Gasteiger partial charge in [-0.05, 0) is 30.3 Å². The van der Waals surface area contributed by atoms with Crippen molar-refractivity contribution in [3.8, 4) is 11.5 Å². The number of rotatable bonds is 5. The first-order valence-corrected chi connectivity index (χ1v) is 8.06. The molecule has 1 N–H and O–H groups in total. The molecule has 0 aliphatic rings. The molecular weight excluding hydrogens is 358 g/mol. The van der Waals surface area contributed by atoms with Crippen LogP contribution in [0.3, 0.4) is 0 Å². The van der Waals surface area contributed by atoms with E-state index in [2.05, 4.69) is 10.3 Å². The lowest BCUT2D eigenvalue weighted by Gasteiger charge is -2.12. The molecule has 0 unspecified atom stereocenters. The van der Waals surface area contributed by atoms with E-state index >= 15 is 0 Å². The van der Waals surface area contributed by atoms with Gasteiger partial charge in [0.2, 0.25) is 5.91 Å². The highest BCUT2D eigenvalue weighted by Gasteiger charge is 2.12. The van der Waals surface area contributed by atoms with Crippen LogP contribution in [0.2, 0.25) is 5.02 Å². The molecule has 0 spiro atoms. The Labute approximate surface area is 154 Å². The lowest BCUT2D eigenvalue weighted by atomic mass is 10.2. The van der Waals surface area contributed by atoms with Crippen LogP contribution in [0.15, 0.2) is 47.5 Å². The second-order valence-corrected chi connectivity index (χ2v) is 5.89. The molecule has 3 rings (SSSR count). The Morgan fingerprint density at radius 2 is 2.00 bits per heavy atom. The SMILES string of the molecule is COc1ccc(NC(=O)Cn2cnc3ccc(Cl)cc3c2=O)c(OC)c1. The molecule has 3 aromatic rings. The van der Waals surface area contributed by atoms with Crippen LogP contribution in [-0.2, 0) is 11.3 Å². The second kappa shape index (κ2) is 7.45. The zero-order chi connectivity index (χ0) is 18.7. The molecule has 0 aliphatic carbocycles. The van der Waals surface area contributed by atoms with Crippen LogP contribution >= 0.6 is 11.6 Å². The number of hydrogen-bond acceptors (Lipinski definition) is 5. The monoisotopic (exact) mass is 373 g/mol. The van der Waals surface area contributed by atoms with Gasteiger partial charge in [0.15, 0.2) is 0 Å². The molecule has 1 aromatic heterocycles. The Hall–Kier alpha value is -3.06. The molecule has 0 fully saturated rings. The van der Waals surface area contributed by atoms with Gasteiger partial charge in [0, 0.05) is 11.1 Å². The molecule has 0 radical (unpaired) electrons. The Kier molecular flexibility index (Phi) is 5.09. The number of ether oxygens (including phenoxy) is 2. The highest BCUT2D eigenvalue weighted by Crippen LogP contribution is 2.28. The number of fused-ring (bicyclic) bond motifs is 1. The molecule has 0 saturated carbocycles. The first-order chi connectivity index (χ1) is 12.5. The molecule has 0 saturated heterocycles. The normalized spacial score (nSPS) is 10.6. The van der Waals surface area contributed by atoms with Crippen LogP contribution in [0.5, 0.6) is 11.5 Å². The van der Waals surface area contributed by atoms with Gasteiger partial charge in [0.25, 0.3) is 5.56 Å². The number of amides is 1. The van der Waals surface area contributed by atoms with Gasteiger partial charge in [-0.15, -0.1) is 0 Å². The third-order valence-electron chi connectivity index (χ3n) is 3.78. The molecule has 1 amide bonds. The summed E-state index contributed by atoms with van der Waals surface area (Å²) in [6.07, 6.45) is 1.34. The lowest BCUT2D eigenvalue weighted by Crippen LogP contribution is -2.28. The third kappa shape index (κ3) is 3.62. The molecule has 0 aliphatic heterocycles. The Balaban J connectivity index is 1.84. The van der Waals surface area contributed by atoms with Gasteiger partial charge in [-0.2, -0.15) is 0 Å². The van der Waals surface area contributed by atoms with Crippen molar-refractivity contribution in [2.75, 3.05) is 19.5 Å². The van der Waals surface area contributed by atoms with Crippen LogP contribution in [0.25, 0.3) is 10.9 Å². The zero-order valence-corrected chi connectivity index (χ0v) is 14.9. The first-order valence-electron chi connectivity index (χ1n) is 7.68. The minimum Gasteiger partial charge on any atom is -0.497 e. The summed E-state index contributed by atoms with van der Waals surface area (Å²) in [6, 6.07) is 9.87. The van der Waals surface area contributed by atoms with Crippen LogP contribution < -0.4 is 20.3 Å². The summed E-state index contributed by atoms with van der Waals surface area (Å²) < 4.78 is 11.6. The molecular formula is C18H16ClN3O4. The minimum absolute atomic E-state index is 0.191. The molecule has 1 heterocycles. The van der Waals surface area contributed by atoms with E-state index in [4.69, 9.17) is 21.1 Å². The van der Waals surface area contributed by atoms with Crippen LogP contribution in [0.1, 0.15) is 0 Å². The number of halogens is 1. The average molecular weight is 374 g/mol. The Morgan fingerprint density at radius 3 is 2.73 bits per heavy atom. The fourth-order valence-corrected chi connectivity index (χ4v) is 2.66. The number of nitrogens with one attached hydrogen (secondary N) is 1. The van der Waals surface area contributed by atoms with Crippen molar-refractivity contribution in [2.45, 2.75) is 6.54 Å². The summed E-state index contributed by atoms with van der Waals surface area (Å²) in [5.74, 6) is 0.666. The summed E-state index contributed by atoms with van der Waals surface area (Å²) >= 11 is 5.93. The van der Waals surface area contributed by atoms with E-state index in [-0.39, 0.29) is 12.1 Å². The summed E-state index contributed by atoms with van der Waals surface area (Å²) in [5, 5.41) is 3.50. The highest BCUT2D eigenvalue weighted by molar-refractivity contribution is 6.31. The van der Waals surface area contributed by atoms with E-state index in [1.165, 1.54) is 24.1 Å². The highest BCUT2D eigenvalue weighted by atomic mass is 35.5. The van der Waals surface area contributed by atoms with Crippen LogP contribution in [0.4, 0.5) is 5.69 Å². The minimum atomic E-state index is -0.390. The molecule has 8 heteroatoms. The summed E-state index contributed by atoms with van der Waals surface area (Å²) in [7, 11) is 3.03. The molecule has 0 atom stereocenters. The van der Waals surface area contributed by atoms with Crippen molar-refractivity contribution in [3.63, 3.8) is 0 Å². The van der Waals surface area contributed by atoms with E-state index < -0.39 is 5.91 Å². The van der Waals surface area contributed by atoms with Crippen LogP contribution in [-0.4, -0.2) is 29.7 Å². The van der Waals surface area contributed by atoms with E-state index in [9.17, 15) is 9.59 Å². The standard InChI is InChI=1S/C18H16ClN3O4/c1-25-12-4-6-15(16(8-12)26-2)21-17(23)9-22-10-20-14-5-3-11(19)7-13(14)18(22)24/h3-8,10H,9H2,1-2H3,(H,21,23). The molecule has 2 aromatic carbocycles. The maximum Gasteiger partial charge on any atom is 0.261 e. The summed E-state index contributed by atoms with van der Waals surface area (Å²) in [4.78, 5) is 29.0. The molecule has 0 bridgehead atoms. The van der Waals surface area contributed by atoms with Crippen LogP contribution in [0, 0.1) is 0 Å². The number of methoxy groups -OCH3 is 2. The number of nitrogens with zero attached hydrogens (tertiary/aromatic N) is 2. The van der Waals surface area contributed by atoms with Gasteiger partial charge >= 0.3 is 0 Å². The van der Waals surface area contributed by atoms with E-state index in [1.807, 2.05) is 0 Å². The number of benzene rings is 2. The number of hydrogen-bond donors (Lipinski definition) is 1. The van der Waals surface area contributed by atoms with Crippen molar-refractivity contribution in [1.82, 2.24) is 9.55 Å². The van der Waals surface area contributed by atoms with Gasteiger partial charge < -0.3 is 14.8 Å². The summed E-state index contributed by atoms with van der Waals surface area (Å²) in [5.41, 5.74) is 0.658. The van der Waals surface area contributed by atoms with Crippen molar-refractivity contribution >= 4 is 34.1 Å². The first kappa shape index (κ1) is 17.8. The number of anilines is 1. The fraction of sp³-hybridized carbons (Fsp3) is 0.167. The maximum atomic E-state index is 12.5. The van der Waals surface area contributed by atoms with E-state index in [1.54, 1.807) is 37.4 Å². The average Bonchev–Trinajstić information content (AvgIpc) is 2.64. The van der Waals surface area contributed by atoms with Crippen molar-refractivity contribution < 1.29 is 14.3 Å². The maximum absolute atomic E-state index is 12.5. The smallest absolute Gasteiger partial charge is 0.261 e. The van der Waals surface area contributed by atoms with Gasteiger partial charge in [0.05, 0.1) is 37.1 Å². The third-order valence-corrected chi connectivity index (χ3v) is 4.02. The lowest BCUT2D eigenvalue weighted by molar-refractivity contribution is -0.116. The fourth-order valence-electron chi connectivity index (χ4n) is 2.49. The van der Waals surface area contributed by atoms with Gasteiger partial charge in [-0.1, -0.05) is 11.6 Å². The summed E-state index contributed by atoms with van der Waals surface area (Å²) in [6.45, 7) is -0.191. The largest absolute Gasteiger partial charge is 0.497 e. The molecule has 134 valence electrons. The van der Waals surface area contributed by atoms with Gasteiger partial charge in [-0.3, -0.25) is 14.2 Å². The predicted molar refractivity (Wildman–Crippen MR) is 99.2 cm³/mol. The Morgan fingerprint density at radius 1 is 1.19 bits per heavy atom. The Bertz CT molecular complexity index is 1030. The zero-order valence-electron chi connectivity index (χ0n) is 14.2. The number of aromatic nitrogens is 2. The topological polar surface area (TPSA) is 82.5 Å². The van der Waals surface area contributed by atoms with E-state index in [0.717, 1.165) is 0 Å². The van der Waals surface area contributed by atoms with Gasteiger partial charge in [0.1, 0.15) is 18.0 Å². The second-order valence-electron chi connectivity index (χ2n) is 5.45. The van der Waals surface area contributed by atoms with Crippen molar-refractivity contribution in [1.29, 1.82) is 0 Å². The van der Waals surface area contributed by atoms with Crippen molar-refractivity contribution in [3.05, 3.63) is 58.1 Å². The number of carbonyl (C=O) groups is 1.